The molecule has 0 radical (unpaired) electrons. The average molecular weight is 292 g/mol. The summed E-state index contributed by atoms with van der Waals surface area (Å²) in [6, 6.07) is 18.7. The topological polar surface area (TPSA) is 42.4 Å². The second-order valence-corrected chi connectivity index (χ2v) is 6.05. The fraction of sp³-hybridized carbons (Fsp3) is 0.263. The zero-order chi connectivity index (χ0) is 14.9. The molecule has 1 aliphatic heterocycles. The molecule has 1 aliphatic rings. The lowest BCUT2D eigenvalue weighted by Crippen LogP contribution is -2.36. The van der Waals surface area contributed by atoms with E-state index in [-0.39, 0.29) is 6.04 Å². The molecule has 0 bridgehead atoms. The van der Waals surface area contributed by atoms with Crippen LogP contribution in [0.25, 0.3) is 11.0 Å². The first kappa shape index (κ1) is 13.6. The Labute approximate surface area is 130 Å². The summed E-state index contributed by atoms with van der Waals surface area (Å²) in [5, 5.41) is 1.12. The van der Waals surface area contributed by atoms with Crippen LogP contribution in [-0.4, -0.2) is 18.0 Å². The van der Waals surface area contributed by atoms with Crippen LogP contribution in [0.15, 0.2) is 59.0 Å². The van der Waals surface area contributed by atoms with Gasteiger partial charge in [-0.1, -0.05) is 42.5 Å². The number of nitrogens with two attached hydrogens (primary N) is 1. The summed E-state index contributed by atoms with van der Waals surface area (Å²) in [4.78, 5) is 2.42. The number of rotatable bonds is 3. The number of para-hydroxylation sites is 1. The van der Waals surface area contributed by atoms with Crippen molar-refractivity contribution >= 4 is 11.0 Å². The monoisotopic (exact) mass is 292 g/mol. The molecule has 1 unspecified atom stereocenters. The quantitative estimate of drug-likeness (QED) is 0.803. The first-order valence-electron chi connectivity index (χ1n) is 7.83. The van der Waals surface area contributed by atoms with Crippen LogP contribution in [0.2, 0.25) is 0 Å². The normalized spacial score (nSPS) is 16.6. The second-order valence-electron chi connectivity index (χ2n) is 6.05. The van der Waals surface area contributed by atoms with Gasteiger partial charge >= 0.3 is 0 Å². The van der Waals surface area contributed by atoms with Gasteiger partial charge in [0.15, 0.2) is 0 Å². The Hall–Kier alpha value is -2.10. The maximum absolute atomic E-state index is 6.37. The van der Waals surface area contributed by atoms with Crippen molar-refractivity contribution in [2.75, 3.05) is 13.1 Å². The van der Waals surface area contributed by atoms with Crippen molar-refractivity contribution in [1.82, 2.24) is 4.90 Å². The van der Waals surface area contributed by atoms with Crippen LogP contribution in [0.3, 0.4) is 0 Å². The molecule has 0 saturated carbocycles. The van der Waals surface area contributed by atoms with Gasteiger partial charge in [-0.3, -0.25) is 4.90 Å². The van der Waals surface area contributed by atoms with Crippen molar-refractivity contribution in [2.24, 2.45) is 5.73 Å². The zero-order valence-electron chi connectivity index (χ0n) is 12.5. The van der Waals surface area contributed by atoms with Gasteiger partial charge < -0.3 is 10.2 Å². The molecule has 2 aromatic carbocycles. The highest BCUT2D eigenvalue weighted by molar-refractivity contribution is 5.77. The van der Waals surface area contributed by atoms with E-state index in [9.17, 15) is 0 Å². The predicted molar refractivity (Wildman–Crippen MR) is 88.6 cm³/mol. The van der Waals surface area contributed by atoms with Crippen molar-refractivity contribution in [1.29, 1.82) is 0 Å². The molecule has 4 rings (SSSR count). The Kier molecular flexibility index (Phi) is 3.45. The van der Waals surface area contributed by atoms with E-state index < -0.39 is 0 Å². The summed E-state index contributed by atoms with van der Waals surface area (Å²) in [7, 11) is 0. The molecule has 2 N–H and O–H groups in total. The van der Waals surface area contributed by atoms with Crippen LogP contribution in [0.4, 0.5) is 0 Å². The second kappa shape index (κ2) is 5.59. The average Bonchev–Trinajstić information content (AvgIpc) is 2.99. The Balaban J connectivity index is 1.49. The Morgan fingerprint density at radius 1 is 1.05 bits per heavy atom. The number of furan rings is 1. The van der Waals surface area contributed by atoms with Gasteiger partial charge in [-0.2, -0.15) is 0 Å². The van der Waals surface area contributed by atoms with Crippen LogP contribution < -0.4 is 5.73 Å². The minimum atomic E-state index is -0.0855. The van der Waals surface area contributed by atoms with Crippen LogP contribution in [0.1, 0.15) is 22.9 Å². The zero-order valence-corrected chi connectivity index (χ0v) is 12.5. The van der Waals surface area contributed by atoms with Crippen molar-refractivity contribution in [2.45, 2.75) is 19.0 Å². The van der Waals surface area contributed by atoms with Crippen LogP contribution >= 0.6 is 0 Å². The van der Waals surface area contributed by atoms with E-state index in [1.165, 1.54) is 11.1 Å². The molecular formula is C19H20N2O. The molecule has 2 heterocycles. The van der Waals surface area contributed by atoms with E-state index in [0.29, 0.717) is 0 Å². The number of hydrogen-bond donors (Lipinski definition) is 1. The summed E-state index contributed by atoms with van der Waals surface area (Å²) < 4.78 is 5.89. The molecule has 0 fully saturated rings. The summed E-state index contributed by atoms with van der Waals surface area (Å²) in [6.07, 6.45) is 1.10. The molecule has 0 saturated heterocycles. The minimum Gasteiger partial charge on any atom is -0.459 e. The lowest BCUT2D eigenvalue weighted by atomic mass is 9.99. The van der Waals surface area contributed by atoms with Crippen LogP contribution in [-0.2, 0) is 13.0 Å². The van der Waals surface area contributed by atoms with Gasteiger partial charge in [0.2, 0.25) is 0 Å². The highest BCUT2D eigenvalue weighted by atomic mass is 16.3. The molecule has 0 aliphatic carbocycles. The van der Waals surface area contributed by atoms with Gasteiger partial charge in [0.05, 0.1) is 6.04 Å². The van der Waals surface area contributed by atoms with Gasteiger partial charge in [-0.25, -0.2) is 0 Å². The van der Waals surface area contributed by atoms with E-state index in [1.807, 2.05) is 18.2 Å². The van der Waals surface area contributed by atoms with E-state index in [4.69, 9.17) is 10.2 Å². The molecular weight excluding hydrogens is 272 g/mol. The maximum Gasteiger partial charge on any atom is 0.134 e. The number of nitrogens with zero attached hydrogens (tertiary/aromatic N) is 1. The molecule has 1 atom stereocenters. The molecule has 3 nitrogen and oxygen atoms in total. The minimum absolute atomic E-state index is 0.0855. The van der Waals surface area contributed by atoms with Gasteiger partial charge in [-0.05, 0) is 29.7 Å². The first-order chi connectivity index (χ1) is 10.8. The van der Waals surface area contributed by atoms with Crippen LogP contribution in [0, 0.1) is 0 Å². The van der Waals surface area contributed by atoms with Crippen molar-refractivity contribution < 1.29 is 4.42 Å². The Bertz CT molecular complexity index is 760. The third-order valence-corrected chi connectivity index (χ3v) is 4.47. The fourth-order valence-corrected chi connectivity index (χ4v) is 3.26. The highest BCUT2D eigenvalue weighted by Crippen LogP contribution is 2.25. The number of benzene rings is 2. The number of fused-ring (bicyclic) bond motifs is 2. The van der Waals surface area contributed by atoms with Gasteiger partial charge in [0.1, 0.15) is 11.3 Å². The van der Waals surface area contributed by atoms with E-state index >= 15 is 0 Å². The smallest absolute Gasteiger partial charge is 0.134 e. The molecule has 1 aromatic heterocycles. The SMILES string of the molecule is NC(CN1CCc2ccccc2C1)c1cc2ccccc2o1. The lowest BCUT2D eigenvalue weighted by molar-refractivity contribution is 0.231. The van der Waals surface area contributed by atoms with Gasteiger partial charge in [0, 0.05) is 25.0 Å². The van der Waals surface area contributed by atoms with E-state index in [0.717, 1.165) is 42.8 Å². The van der Waals surface area contributed by atoms with Crippen LogP contribution in [0.5, 0.6) is 0 Å². The highest BCUT2D eigenvalue weighted by Gasteiger charge is 2.20. The molecule has 0 spiro atoms. The molecule has 0 amide bonds. The summed E-state index contributed by atoms with van der Waals surface area (Å²) in [6.45, 7) is 2.86. The van der Waals surface area contributed by atoms with E-state index in [2.05, 4.69) is 41.3 Å². The summed E-state index contributed by atoms with van der Waals surface area (Å²) in [5.74, 6) is 0.875. The Morgan fingerprint density at radius 2 is 1.82 bits per heavy atom. The summed E-state index contributed by atoms with van der Waals surface area (Å²) >= 11 is 0. The van der Waals surface area contributed by atoms with Crippen molar-refractivity contribution in [3.63, 3.8) is 0 Å². The lowest BCUT2D eigenvalue weighted by Gasteiger charge is -2.30. The summed E-state index contributed by atoms with van der Waals surface area (Å²) in [5.41, 5.74) is 10.2. The third kappa shape index (κ3) is 2.54. The standard InChI is InChI=1S/C19H20N2O/c20-17(19-11-15-6-3-4-8-18(15)22-19)13-21-10-9-14-5-1-2-7-16(14)12-21/h1-8,11,17H,9-10,12-13,20H2. The number of hydrogen-bond acceptors (Lipinski definition) is 3. The predicted octanol–water partition coefficient (Wildman–Crippen LogP) is 3.49. The van der Waals surface area contributed by atoms with Gasteiger partial charge in [-0.15, -0.1) is 0 Å². The fourth-order valence-electron chi connectivity index (χ4n) is 3.26. The van der Waals surface area contributed by atoms with E-state index in [1.54, 1.807) is 0 Å². The largest absolute Gasteiger partial charge is 0.459 e. The Morgan fingerprint density at radius 3 is 2.68 bits per heavy atom. The molecule has 3 heteroatoms. The van der Waals surface area contributed by atoms with Crippen molar-refractivity contribution in [3.8, 4) is 0 Å². The molecule has 112 valence electrons. The third-order valence-electron chi connectivity index (χ3n) is 4.47. The molecule has 22 heavy (non-hydrogen) atoms. The first-order valence-corrected chi connectivity index (χ1v) is 7.83. The van der Waals surface area contributed by atoms with Crippen molar-refractivity contribution in [3.05, 3.63) is 71.5 Å². The molecule has 3 aromatic rings. The maximum atomic E-state index is 6.37. The van der Waals surface area contributed by atoms with Gasteiger partial charge in [0.25, 0.3) is 0 Å².